The van der Waals surface area contributed by atoms with Gasteiger partial charge in [-0.1, -0.05) is 30.3 Å². The smallest absolute Gasteiger partial charge is 0.416 e. The quantitative estimate of drug-likeness (QED) is 0.704. The molecule has 8 heteroatoms. The van der Waals surface area contributed by atoms with Crippen molar-refractivity contribution in [2.75, 3.05) is 0 Å². The fourth-order valence-electron chi connectivity index (χ4n) is 2.62. The zero-order valence-electron chi connectivity index (χ0n) is 14.2. The maximum absolute atomic E-state index is 12.7. The lowest BCUT2D eigenvalue weighted by Gasteiger charge is -2.13. The Hall–Kier alpha value is -3.16. The number of H-pyrrole nitrogens is 1. The van der Waals surface area contributed by atoms with Gasteiger partial charge in [-0.15, -0.1) is 0 Å². The lowest BCUT2D eigenvalue weighted by atomic mass is 10.1. The molecule has 1 atom stereocenters. The van der Waals surface area contributed by atoms with Gasteiger partial charge in [0.05, 0.1) is 22.9 Å². The van der Waals surface area contributed by atoms with E-state index >= 15 is 0 Å². The molecule has 0 amide bonds. The highest BCUT2D eigenvalue weighted by molar-refractivity contribution is 5.77. The minimum atomic E-state index is -4.48. The molecule has 1 aromatic heterocycles. The van der Waals surface area contributed by atoms with Crippen molar-refractivity contribution in [3.8, 4) is 0 Å². The third-order valence-corrected chi connectivity index (χ3v) is 3.93. The van der Waals surface area contributed by atoms with Gasteiger partial charge in [-0.3, -0.25) is 9.59 Å². The Morgan fingerprint density at radius 3 is 2.67 bits per heavy atom. The summed E-state index contributed by atoms with van der Waals surface area (Å²) in [6.45, 7) is 1.52. The van der Waals surface area contributed by atoms with Crippen molar-refractivity contribution in [2.24, 2.45) is 0 Å². The van der Waals surface area contributed by atoms with E-state index in [1.165, 1.54) is 19.1 Å². The monoisotopic (exact) mass is 376 g/mol. The molecular weight excluding hydrogens is 361 g/mol. The zero-order chi connectivity index (χ0) is 19.6. The Balaban J connectivity index is 1.74. The standard InChI is InChI=1S/C19H15F3N2O3/c1-11(17-23-15-8-3-2-7-14(15)18(26)24-17)27-16(25)10-12-5-4-6-13(9-12)19(20,21)22/h2-9,11H,10H2,1H3,(H,23,24,26). The van der Waals surface area contributed by atoms with Gasteiger partial charge in [0.15, 0.2) is 11.9 Å². The molecule has 1 N–H and O–H groups in total. The van der Waals surface area contributed by atoms with Gasteiger partial charge >= 0.3 is 12.1 Å². The predicted molar refractivity (Wildman–Crippen MR) is 92.0 cm³/mol. The highest BCUT2D eigenvalue weighted by Crippen LogP contribution is 2.29. The van der Waals surface area contributed by atoms with E-state index in [-0.39, 0.29) is 23.4 Å². The van der Waals surface area contributed by atoms with E-state index in [0.717, 1.165) is 12.1 Å². The predicted octanol–water partition coefficient (Wildman–Crippen LogP) is 3.79. The SMILES string of the molecule is CC(OC(=O)Cc1cccc(C(F)(F)F)c1)c1nc2ccccc2c(=O)[nH]1. The Morgan fingerprint density at radius 1 is 1.19 bits per heavy atom. The average Bonchev–Trinajstić information content (AvgIpc) is 2.61. The molecule has 0 radical (unpaired) electrons. The number of aromatic nitrogens is 2. The summed E-state index contributed by atoms with van der Waals surface area (Å²) < 4.78 is 43.4. The molecular formula is C19H15F3N2O3. The van der Waals surface area contributed by atoms with Crippen LogP contribution < -0.4 is 5.56 Å². The Kier molecular flexibility index (Phi) is 4.98. The molecule has 0 fully saturated rings. The second-order valence-electron chi connectivity index (χ2n) is 5.98. The number of rotatable bonds is 4. The summed E-state index contributed by atoms with van der Waals surface area (Å²) in [5.41, 5.74) is -0.559. The van der Waals surface area contributed by atoms with Crippen LogP contribution in [0.25, 0.3) is 10.9 Å². The van der Waals surface area contributed by atoms with Gasteiger partial charge in [0.2, 0.25) is 0 Å². The summed E-state index contributed by atoms with van der Waals surface area (Å²) in [5.74, 6) is -0.561. The van der Waals surface area contributed by atoms with Gasteiger partial charge in [-0.05, 0) is 30.7 Å². The van der Waals surface area contributed by atoms with Crippen LogP contribution in [0.2, 0.25) is 0 Å². The lowest BCUT2D eigenvalue weighted by Crippen LogP contribution is -2.18. The molecule has 2 aromatic carbocycles. The summed E-state index contributed by atoms with van der Waals surface area (Å²) in [6, 6.07) is 11.2. The van der Waals surface area contributed by atoms with Gasteiger partial charge in [-0.25, -0.2) is 4.98 Å². The number of hydrogen-bond acceptors (Lipinski definition) is 4. The molecule has 0 aliphatic carbocycles. The van der Waals surface area contributed by atoms with E-state index in [1.54, 1.807) is 24.3 Å². The molecule has 1 heterocycles. The summed E-state index contributed by atoms with van der Waals surface area (Å²) in [7, 11) is 0. The number of fused-ring (bicyclic) bond motifs is 1. The van der Waals surface area contributed by atoms with Crippen molar-refractivity contribution in [1.29, 1.82) is 0 Å². The minimum Gasteiger partial charge on any atom is -0.454 e. The molecule has 27 heavy (non-hydrogen) atoms. The first-order chi connectivity index (χ1) is 12.7. The van der Waals surface area contributed by atoms with Crippen LogP contribution in [-0.2, 0) is 22.1 Å². The molecule has 0 aliphatic rings. The number of nitrogens with one attached hydrogen (secondary N) is 1. The second-order valence-corrected chi connectivity index (χ2v) is 5.98. The van der Waals surface area contributed by atoms with Crippen LogP contribution in [0, 0.1) is 0 Å². The number of aromatic amines is 1. The Labute approximate surface area is 151 Å². The maximum Gasteiger partial charge on any atom is 0.416 e. The molecule has 0 saturated carbocycles. The van der Waals surface area contributed by atoms with Crippen molar-refractivity contribution in [1.82, 2.24) is 9.97 Å². The first kappa shape index (κ1) is 18.6. The second kappa shape index (κ2) is 7.22. The van der Waals surface area contributed by atoms with E-state index in [1.807, 2.05) is 0 Å². The van der Waals surface area contributed by atoms with Gasteiger partial charge in [0.1, 0.15) is 0 Å². The Morgan fingerprint density at radius 2 is 1.93 bits per heavy atom. The van der Waals surface area contributed by atoms with Crippen LogP contribution in [-0.4, -0.2) is 15.9 Å². The van der Waals surface area contributed by atoms with E-state index in [9.17, 15) is 22.8 Å². The number of ether oxygens (including phenoxy) is 1. The molecule has 0 bridgehead atoms. The number of esters is 1. The average molecular weight is 376 g/mol. The van der Waals surface area contributed by atoms with Gasteiger partial charge < -0.3 is 9.72 Å². The van der Waals surface area contributed by atoms with Crippen LogP contribution >= 0.6 is 0 Å². The van der Waals surface area contributed by atoms with Crippen molar-refractivity contribution in [2.45, 2.75) is 25.6 Å². The van der Waals surface area contributed by atoms with E-state index < -0.39 is 23.8 Å². The number of halogens is 3. The highest BCUT2D eigenvalue weighted by Gasteiger charge is 2.30. The fraction of sp³-hybridized carbons (Fsp3) is 0.211. The molecule has 140 valence electrons. The third kappa shape index (κ3) is 4.33. The van der Waals surface area contributed by atoms with Crippen LogP contribution in [0.3, 0.4) is 0 Å². The zero-order valence-corrected chi connectivity index (χ0v) is 14.2. The van der Waals surface area contributed by atoms with E-state index in [4.69, 9.17) is 4.74 Å². The molecule has 0 aliphatic heterocycles. The maximum atomic E-state index is 12.7. The van der Waals surface area contributed by atoms with Crippen molar-refractivity contribution >= 4 is 16.9 Å². The van der Waals surface area contributed by atoms with Gasteiger partial charge in [0, 0.05) is 0 Å². The molecule has 5 nitrogen and oxygen atoms in total. The number of carbonyl (C=O) groups is 1. The number of carbonyl (C=O) groups excluding carboxylic acids is 1. The van der Waals surface area contributed by atoms with Gasteiger partial charge in [0.25, 0.3) is 5.56 Å². The summed E-state index contributed by atoms with van der Waals surface area (Å²) >= 11 is 0. The van der Waals surface area contributed by atoms with Crippen LogP contribution in [0.15, 0.2) is 53.3 Å². The van der Waals surface area contributed by atoms with Crippen LogP contribution in [0.1, 0.15) is 30.0 Å². The van der Waals surface area contributed by atoms with Crippen LogP contribution in [0.4, 0.5) is 13.2 Å². The van der Waals surface area contributed by atoms with E-state index in [2.05, 4.69) is 9.97 Å². The molecule has 3 rings (SSSR count). The number of benzene rings is 2. The first-order valence-corrected chi connectivity index (χ1v) is 8.08. The number of alkyl halides is 3. The summed E-state index contributed by atoms with van der Waals surface area (Å²) in [5, 5.41) is 0.406. The minimum absolute atomic E-state index is 0.163. The van der Waals surface area contributed by atoms with Crippen LogP contribution in [0.5, 0.6) is 0 Å². The normalized spacial score (nSPS) is 12.7. The topological polar surface area (TPSA) is 72.0 Å². The molecule has 0 saturated heterocycles. The van der Waals surface area contributed by atoms with Crippen molar-refractivity contribution < 1.29 is 22.7 Å². The number of para-hydroxylation sites is 1. The lowest BCUT2D eigenvalue weighted by molar-refractivity contribution is -0.148. The van der Waals surface area contributed by atoms with Crippen molar-refractivity contribution in [3.05, 3.63) is 75.8 Å². The third-order valence-electron chi connectivity index (χ3n) is 3.93. The molecule has 3 aromatic rings. The number of nitrogens with zero attached hydrogens (tertiary/aromatic N) is 1. The van der Waals surface area contributed by atoms with Gasteiger partial charge in [-0.2, -0.15) is 13.2 Å². The molecule has 1 unspecified atom stereocenters. The fourth-order valence-corrected chi connectivity index (χ4v) is 2.62. The number of hydrogen-bond donors (Lipinski definition) is 1. The van der Waals surface area contributed by atoms with E-state index in [0.29, 0.717) is 10.9 Å². The summed E-state index contributed by atoms with van der Waals surface area (Å²) in [6.07, 6.45) is -5.67. The highest BCUT2D eigenvalue weighted by atomic mass is 19.4. The first-order valence-electron chi connectivity index (χ1n) is 8.08. The van der Waals surface area contributed by atoms with Crippen molar-refractivity contribution in [3.63, 3.8) is 0 Å². The molecule has 0 spiro atoms. The summed E-state index contributed by atoms with van der Waals surface area (Å²) in [4.78, 5) is 31.0. The Bertz CT molecular complexity index is 1040. The largest absolute Gasteiger partial charge is 0.454 e.